The number of carbonyl (C=O) groups excluding carboxylic acids is 1. The summed E-state index contributed by atoms with van der Waals surface area (Å²) < 4.78 is 7.50. The van der Waals surface area contributed by atoms with E-state index in [0.717, 1.165) is 10.9 Å². The van der Waals surface area contributed by atoms with Gasteiger partial charge >= 0.3 is 5.69 Å². The van der Waals surface area contributed by atoms with Crippen molar-refractivity contribution >= 4 is 50.3 Å². The minimum Gasteiger partial charge on any atom is -0.476 e. The predicted molar refractivity (Wildman–Crippen MR) is 144 cm³/mol. The molecule has 188 valence electrons. The number of ether oxygens (including phenoxy) is 1. The van der Waals surface area contributed by atoms with Crippen LogP contribution in [0.15, 0.2) is 81.1 Å². The minimum atomic E-state index is -0.606. The number of rotatable bonds is 9. The van der Waals surface area contributed by atoms with Crippen molar-refractivity contribution in [3.05, 3.63) is 103 Å². The second-order valence-electron chi connectivity index (χ2n) is 7.96. The summed E-state index contributed by atoms with van der Waals surface area (Å²) >= 11 is 3.37. The molecule has 1 amide bonds. The van der Waals surface area contributed by atoms with Crippen LogP contribution in [0.5, 0.6) is 5.75 Å². The van der Waals surface area contributed by atoms with E-state index in [1.165, 1.54) is 23.0 Å². The van der Waals surface area contributed by atoms with Gasteiger partial charge in [-0.05, 0) is 42.8 Å². The molecule has 11 heteroatoms. The van der Waals surface area contributed by atoms with Gasteiger partial charge in [-0.1, -0.05) is 47.1 Å². The van der Waals surface area contributed by atoms with Crippen LogP contribution in [-0.4, -0.2) is 33.3 Å². The highest BCUT2D eigenvalue weighted by atomic mass is 79.9. The lowest BCUT2D eigenvalue weighted by Gasteiger charge is -2.11. The fourth-order valence-electron chi connectivity index (χ4n) is 3.62. The van der Waals surface area contributed by atoms with Crippen LogP contribution in [0.2, 0.25) is 0 Å². The molecule has 0 radical (unpaired) electrons. The third-order valence-electron chi connectivity index (χ3n) is 5.29. The van der Waals surface area contributed by atoms with E-state index in [9.17, 15) is 19.7 Å². The summed E-state index contributed by atoms with van der Waals surface area (Å²) in [5.74, 6) is -0.173. The molecule has 0 spiro atoms. The molecule has 0 bridgehead atoms. The SMILES string of the molecule is CCCc1nc2ccc(Br)cc2c(=O)n1N=Cc1cccc([N+](=O)[O-])c1OCC(=O)Nc1ccccc1. The number of hydrogen-bond donors (Lipinski definition) is 1. The Hall–Kier alpha value is -4.38. The first-order chi connectivity index (χ1) is 17.9. The number of amides is 1. The number of nitrogens with one attached hydrogen (secondary N) is 1. The van der Waals surface area contributed by atoms with E-state index < -0.39 is 17.4 Å². The molecule has 0 unspecified atom stereocenters. The quantitative estimate of drug-likeness (QED) is 0.175. The number of nitro groups is 1. The van der Waals surface area contributed by atoms with Gasteiger partial charge in [0.15, 0.2) is 6.61 Å². The van der Waals surface area contributed by atoms with Crippen LogP contribution < -0.4 is 15.6 Å². The van der Waals surface area contributed by atoms with Crippen molar-refractivity contribution in [3.63, 3.8) is 0 Å². The maximum atomic E-state index is 13.2. The molecule has 0 saturated carbocycles. The summed E-state index contributed by atoms with van der Waals surface area (Å²) in [6.07, 6.45) is 2.52. The Morgan fingerprint density at radius 3 is 2.70 bits per heavy atom. The van der Waals surface area contributed by atoms with Crippen LogP contribution in [0.3, 0.4) is 0 Å². The lowest BCUT2D eigenvalue weighted by atomic mass is 10.2. The summed E-state index contributed by atoms with van der Waals surface area (Å²) in [4.78, 5) is 41.3. The van der Waals surface area contributed by atoms with Gasteiger partial charge in [-0.2, -0.15) is 9.78 Å². The highest BCUT2D eigenvalue weighted by Crippen LogP contribution is 2.30. The Morgan fingerprint density at radius 1 is 1.19 bits per heavy atom. The van der Waals surface area contributed by atoms with Gasteiger partial charge in [0.25, 0.3) is 11.5 Å². The Morgan fingerprint density at radius 2 is 1.97 bits per heavy atom. The van der Waals surface area contributed by atoms with Gasteiger partial charge in [0, 0.05) is 28.2 Å². The minimum absolute atomic E-state index is 0.138. The zero-order chi connectivity index (χ0) is 26.4. The van der Waals surface area contributed by atoms with Gasteiger partial charge in [0.2, 0.25) is 5.75 Å². The van der Waals surface area contributed by atoms with Crippen LogP contribution >= 0.6 is 15.9 Å². The first-order valence-corrected chi connectivity index (χ1v) is 12.2. The number of aromatic nitrogens is 2. The first kappa shape index (κ1) is 25.7. The van der Waals surface area contributed by atoms with Crippen LogP contribution in [-0.2, 0) is 11.2 Å². The van der Waals surface area contributed by atoms with E-state index in [4.69, 9.17) is 4.74 Å². The Bertz CT molecular complexity index is 1550. The number of fused-ring (bicyclic) bond motifs is 1. The summed E-state index contributed by atoms with van der Waals surface area (Å²) in [6.45, 7) is 1.49. The number of carbonyl (C=O) groups is 1. The summed E-state index contributed by atoms with van der Waals surface area (Å²) in [5, 5.41) is 19.0. The number of nitrogens with zero attached hydrogens (tertiary/aromatic N) is 4. The number of para-hydroxylation sites is 2. The molecule has 1 heterocycles. The van der Waals surface area contributed by atoms with Crippen molar-refractivity contribution in [1.29, 1.82) is 0 Å². The largest absolute Gasteiger partial charge is 0.476 e. The maximum Gasteiger partial charge on any atom is 0.311 e. The molecular formula is C26H22BrN5O5. The fourth-order valence-corrected chi connectivity index (χ4v) is 3.98. The van der Waals surface area contributed by atoms with Crippen molar-refractivity contribution in [2.75, 3.05) is 11.9 Å². The average Bonchev–Trinajstić information content (AvgIpc) is 2.88. The highest BCUT2D eigenvalue weighted by molar-refractivity contribution is 9.10. The third-order valence-corrected chi connectivity index (χ3v) is 5.78. The van der Waals surface area contributed by atoms with Crippen molar-refractivity contribution in [2.45, 2.75) is 19.8 Å². The zero-order valence-electron chi connectivity index (χ0n) is 19.8. The Kier molecular flexibility index (Phi) is 8.04. The topological polar surface area (TPSA) is 129 Å². The molecular weight excluding hydrogens is 542 g/mol. The third kappa shape index (κ3) is 6.07. The van der Waals surface area contributed by atoms with Gasteiger partial charge < -0.3 is 10.1 Å². The van der Waals surface area contributed by atoms with Crippen molar-refractivity contribution in [1.82, 2.24) is 9.66 Å². The van der Waals surface area contributed by atoms with Crippen LogP contribution in [0.25, 0.3) is 10.9 Å². The average molecular weight is 564 g/mol. The molecule has 10 nitrogen and oxygen atoms in total. The first-order valence-electron chi connectivity index (χ1n) is 11.4. The van der Waals surface area contributed by atoms with E-state index >= 15 is 0 Å². The molecule has 0 aliphatic rings. The van der Waals surface area contributed by atoms with E-state index in [0.29, 0.717) is 28.8 Å². The van der Waals surface area contributed by atoms with E-state index in [2.05, 4.69) is 31.3 Å². The smallest absolute Gasteiger partial charge is 0.311 e. The monoisotopic (exact) mass is 563 g/mol. The van der Waals surface area contributed by atoms with Crippen molar-refractivity contribution in [2.24, 2.45) is 5.10 Å². The second kappa shape index (κ2) is 11.6. The molecule has 0 atom stereocenters. The van der Waals surface area contributed by atoms with Gasteiger partial charge in [0.05, 0.1) is 22.0 Å². The van der Waals surface area contributed by atoms with Gasteiger partial charge in [-0.3, -0.25) is 19.7 Å². The summed E-state index contributed by atoms with van der Waals surface area (Å²) in [6, 6.07) is 18.3. The lowest BCUT2D eigenvalue weighted by Crippen LogP contribution is -2.23. The van der Waals surface area contributed by atoms with Crippen LogP contribution in [0.4, 0.5) is 11.4 Å². The molecule has 1 aromatic heterocycles. The molecule has 3 aromatic carbocycles. The summed E-state index contributed by atoms with van der Waals surface area (Å²) in [7, 11) is 0. The second-order valence-corrected chi connectivity index (χ2v) is 8.87. The molecule has 4 rings (SSSR count). The zero-order valence-corrected chi connectivity index (χ0v) is 21.3. The normalized spacial score (nSPS) is 11.1. The molecule has 0 aliphatic heterocycles. The number of hydrogen-bond acceptors (Lipinski definition) is 7. The fraction of sp³-hybridized carbons (Fsp3) is 0.154. The molecule has 37 heavy (non-hydrogen) atoms. The molecule has 0 aliphatic carbocycles. The van der Waals surface area contributed by atoms with Gasteiger partial charge in [-0.15, -0.1) is 0 Å². The van der Waals surface area contributed by atoms with E-state index in [1.807, 2.05) is 13.0 Å². The summed E-state index contributed by atoms with van der Waals surface area (Å²) in [5.41, 5.74) is 0.635. The Balaban J connectivity index is 1.69. The molecule has 4 aromatic rings. The molecule has 0 saturated heterocycles. The predicted octanol–water partition coefficient (Wildman–Crippen LogP) is 4.92. The number of aryl methyl sites for hydroxylation is 1. The number of anilines is 1. The molecule has 1 N–H and O–H groups in total. The standard InChI is InChI=1S/C26H22BrN5O5/c1-2-7-23-30-21-13-12-18(27)14-20(21)26(34)31(23)28-15-17-8-6-11-22(32(35)36)25(17)37-16-24(33)29-19-9-4-3-5-10-19/h3-6,8-15H,2,7,16H2,1H3,(H,29,33). The lowest BCUT2D eigenvalue weighted by molar-refractivity contribution is -0.385. The van der Waals surface area contributed by atoms with Gasteiger partial charge in [-0.25, -0.2) is 4.98 Å². The van der Waals surface area contributed by atoms with Crippen LogP contribution in [0, 0.1) is 10.1 Å². The maximum absolute atomic E-state index is 13.2. The van der Waals surface area contributed by atoms with Gasteiger partial charge in [0.1, 0.15) is 5.82 Å². The van der Waals surface area contributed by atoms with E-state index in [-0.39, 0.29) is 22.6 Å². The Labute approximate surface area is 219 Å². The van der Waals surface area contributed by atoms with E-state index in [1.54, 1.807) is 48.5 Å². The van der Waals surface area contributed by atoms with Crippen LogP contribution in [0.1, 0.15) is 24.7 Å². The number of benzene rings is 3. The highest BCUT2D eigenvalue weighted by Gasteiger charge is 2.20. The van der Waals surface area contributed by atoms with Crippen molar-refractivity contribution < 1.29 is 14.5 Å². The molecule has 0 fully saturated rings. The van der Waals surface area contributed by atoms with Crippen molar-refractivity contribution in [3.8, 4) is 5.75 Å². The number of halogens is 1. The number of nitro benzene ring substituents is 1.